The molecule has 0 atom stereocenters. The minimum Gasteiger partial charge on any atom is -0.517 e. The highest BCUT2D eigenvalue weighted by molar-refractivity contribution is 5.70. The van der Waals surface area contributed by atoms with E-state index in [0.717, 1.165) is 4.63 Å². The highest BCUT2D eigenvalue weighted by Crippen LogP contribution is 2.28. The van der Waals surface area contributed by atoms with Gasteiger partial charge in [-0.15, -0.1) is 9.73 Å². The Bertz CT molecular complexity index is 468. The van der Waals surface area contributed by atoms with Crippen LogP contribution in [0.5, 0.6) is 5.75 Å². The lowest BCUT2D eigenvalue weighted by Gasteiger charge is -1.95. The Kier molecular flexibility index (Phi) is 1.18. The molecule has 2 rings (SSSR count). The van der Waals surface area contributed by atoms with Gasteiger partial charge in [0, 0.05) is 0 Å². The Balaban J connectivity index is 2.89. The van der Waals surface area contributed by atoms with Crippen molar-refractivity contribution in [1.29, 1.82) is 0 Å². The van der Waals surface area contributed by atoms with Gasteiger partial charge in [-0.3, -0.25) is 0 Å². The SMILES string of the molecule is [C-]#[N+]c1cnn2nncc2c1O. The van der Waals surface area contributed by atoms with Gasteiger partial charge < -0.3 is 5.11 Å². The van der Waals surface area contributed by atoms with E-state index >= 15 is 0 Å². The molecule has 0 aliphatic rings. The van der Waals surface area contributed by atoms with Gasteiger partial charge >= 0.3 is 0 Å². The van der Waals surface area contributed by atoms with E-state index < -0.39 is 0 Å². The van der Waals surface area contributed by atoms with Gasteiger partial charge in [-0.25, -0.2) is 4.85 Å². The van der Waals surface area contributed by atoms with Crippen LogP contribution in [0.1, 0.15) is 0 Å². The molecule has 0 saturated heterocycles. The van der Waals surface area contributed by atoms with E-state index in [1.807, 2.05) is 0 Å². The minimum atomic E-state index is -0.134. The van der Waals surface area contributed by atoms with E-state index in [0.29, 0.717) is 5.52 Å². The fourth-order valence-corrected chi connectivity index (χ4v) is 0.854. The molecule has 0 unspecified atom stereocenters. The number of hydrogen-bond donors (Lipinski definition) is 1. The highest BCUT2D eigenvalue weighted by atomic mass is 16.3. The first-order valence-electron chi connectivity index (χ1n) is 3.09. The topological polar surface area (TPSA) is 67.7 Å². The first-order chi connectivity index (χ1) is 5.83. The Morgan fingerprint density at radius 2 is 2.33 bits per heavy atom. The summed E-state index contributed by atoms with van der Waals surface area (Å²) in [6.45, 7) is 6.69. The molecule has 0 aliphatic carbocycles. The second-order valence-electron chi connectivity index (χ2n) is 2.10. The van der Waals surface area contributed by atoms with Crippen LogP contribution >= 0.6 is 0 Å². The minimum absolute atomic E-state index is 0.102. The summed E-state index contributed by atoms with van der Waals surface area (Å²) in [7, 11) is 0. The number of fused-ring (bicyclic) bond motifs is 1. The quantitative estimate of drug-likeness (QED) is 0.567. The third-order valence-electron chi connectivity index (χ3n) is 1.43. The van der Waals surface area contributed by atoms with Gasteiger partial charge in [0.15, 0.2) is 5.75 Å². The van der Waals surface area contributed by atoms with Crippen molar-refractivity contribution in [1.82, 2.24) is 20.0 Å². The van der Waals surface area contributed by atoms with Gasteiger partial charge in [-0.2, -0.15) is 5.10 Å². The highest BCUT2D eigenvalue weighted by Gasteiger charge is 2.07. The monoisotopic (exact) mass is 161 g/mol. The van der Waals surface area contributed by atoms with Crippen molar-refractivity contribution >= 4 is 11.2 Å². The maximum Gasteiger partial charge on any atom is 0.249 e. The zero-order valence-electron chi connectivity index (χ0n) is 5.84. The maximum atomic E-state index is 9.38. The first-order valence-corrected chi connectivity index (χ1v) is 3.09. The molecule has 0 aliphatic heterocycles. The smallest absolute Gasteiger partial charge is 0.249 e. The lowest BCUT2D eigenvalue weighted by atomic mass is 10.4. The Morgan fingerprint density at radius 1 is 1.50 bits per heavy atom. The third kappa shape index (κ3) is 0.703. The Labute approximate surface area is 66.9 Å². The van der Waals surface area contributed by atoms with Gasteiger partial charge in [0.1, 0.15) is 5.52 Å². The molecule has 6 nitrogen and oxygen atoms in total. The zero-order chi connectivity index (χ0) is 8.55. The number of nitrogens with zero attached hydrogens (tertiary/aromatic N) is 5. The van der Waals surface area contributed by atoms with Gasteiger partial charge in [-0.05, 0) is 5.21 Å². The average molecular weight is 161 g/mol. The molecule has 6 heteroatoms. The molecule has 2 aromatic heterocycles. The molecular formula is C6H3N5O. The van der Waals surface area contributed by atoms with Crippen LogP contribution < -0.4 is 0 Å². The van der Waals surface area contributed by atoms with Crippen molar-refractivity contribution in [2.45, 2.75) is 0 Å². The second-order valence-corrected chi connectivity index (χ2v) is 2.10. The second kappa shape index (κ2) is 2.17. The normalized spacial score (nSPS) is 9.92. The number of hydrogen-bond acceptors (Lipinski definition) is 4. The summed E-state index contributed by atoms with van der Waals surface area (Å²) in [6, 6.07) is 0. The van der Waals surface area contributed by atoms with Crippen molar-refractivity contribution in [3.63, 3.8) is 0 Å². The van der Waals surface area contributed by atoms with E-state index in [1.54, 1.807) is 0 Å². The molecule has 0 fully saturated rings. The largest absolute Gasteiger partial charge is 0.517 e. The maximum absolute atomic E-state index is 9.38. The Hall–Kier alpha value is -2.16. The molecule has 12 heavy (non-hydrogen) atoms. The lowest BCUT2D eigenvalue weighted by molar-refractivity contribution is 0.479. The van der Waals surface area contributed by atoms with Crippen molar-refractivity contribution in [2.24, 2.45) is 0 Å². The average Bonchev–Trinajstić information content (AvgIpc) is 2.53. The van der Waals surface area contributed by atoms with Gasteiger partial charge in [0.2, 0.25) is 5.69 Å². The van der Waals surface area contributed by atoms with Crippen LogP contribution in [0, 0.1) is 6.57 Å². The Morgan fingerprint density at radius 3 is 3.08 bits per heavy atom. The van der Waals surface area contributed by atoms with Gasteiger partial charge in [0.25, 0.3) is 0 Å². The fourth-order valence-electron chi connectivity index (χ4n) is 0.854. The van der Waals surface area contributed by atoms with Crippen molar-refractivity contribution in [3.8, 4) is 5.75 Å². The van der Waals surface area contributed by atoms with E-state index in [2.05, 4.69) is 20.3 Å². The predicted octanol–water partition coefficient (Wildman–Crippen LogP) is 0.381. The molecule has 0 radical (unpaired) electrons. The van der Waals surface area contributed by atoms with Crippen LogP contribution in [0.3, 0.4) is 0 Å². The summed E-state index contributed by atoms with van der Waals surface area (Å²) in [5.74, 6) is -0.134. The van der Waals surface area contributed by atoms with E-state index in [9.17, 15) is 5.11 Å². The zero-order valence-corrected chi connectivity index (χ0v) is 5.84. The molecule has 2 heterocycles. The van der Waals surface area contributed by atoms with E-state index in [-0.39, 0.29) is 11.4 Å². The lowest BCUT2D eigenvalue weighted by Crippen LogP contribution is -1.92. The first kappa shape index (κ1) is 6.54. The molecule has 0 amide bonds. The van der Waals surface area contributed by atoms with Crippen molar-refractivity contribution in [2.75, 3.05) is 0 Å². The number of aromatic nitrogens is 4. The van der Waals surface area contributed by atoms with Crippen LogP contribution in [0.15, 0.2) is 12.4 Å². The molecule has 0 aromatic carbocycles. The molecule has 0 bridgehead atoms. The van der Waals surface area contributed by atoms with Crippen molar-refractivity contribution in [3.05, 3.63) is 23.8 Å². The molecule has 0 spiro atoms. The van der Waals surface area contributed by atoms with Crippen LogP contribution in [0.25, 0.3) is 10.4 Å². The molecule has 58 valence electrons. The molecule has 1 N–H and O–H groups in total. The van der Waals surface area contributed by atoms with Crippen LogP contribution in [-0.4, -0.2) is 25.1 Å². The predicted molar refractivity (Wildman–Crippen MR) is 38.7 cm³/mol. The standard InChI is InChI=1S/C6H3N5O/c1-7-4-2-9-11-5(6(4)12)3-8-10-11/h2-3,12H. The van der Waals surface area contributed by atoms with E-state index in [4.69, 9.17) is 6.57 Å². The van der Waals surface area contributed by atoms with Crippen molar-refractivity contribution < 1.29 is 5.11 Å². The number of aromatic hydroxyl groups is 1. The molecule has 2 aromatic rings. The summed E-state index contributed by atoms with van der Waals surface area (Å²) >= 11 is 0. The summed E-state index contributed by atoms with van der Waals surface area (Å²) in [5.41, 5.74) is 0.438. The number of rotatable bonds is 0. The van der Waals surface area contributed by atoms with Crippen LogP contribution in [0.4, 0.5) is 5.69 Å². The van der Waals surface area contributed by atoms with Crippen LogP contribution in [0.2, 0.25) is 0 Å². The van der Waals surface area contributed by atoms with Crippen LogP contribution in [-0.2, 0) is 0 Å². The van der Waals surface area contributed by atoms with Gasteiger partial charge in [0.05, 0.1) is 19.0 Å². The fraction of sp³-hybridized carbons (Fsp3) is 0. The summed E-state index contributed by atoms with van der Waals surface area (Å²) in [4.78, 5) is 3.07. The summed E-state index contributed by atoms with van der Waals surface area (Å²) in [6.07, 6.45) is 2.58. The molecule has 0 saturated carbocycles. The molecular weight excluding hydrogens is 158 g/mol. The summed E-state index contributed by atoms with van der Waals surface area (Å²) in [5, 5.41) is 20.2. The van der Waals surface area contributed by atoms with E-state index in [1.165, 1.54) is 12.4 Å². The van der Waals surface area contributed by atoms with Gasteiger partial charge in [-0.1, -0.05) is 0 Å². The summed E-state index contributed by atoms with van der Waals surface area (Å²) < 4.78 is 1.16. The third-order valence-corrected chi connectivity index (χ3v) is 1.43.